The number of carbonyl (C=O) groups excluding carboxylic acids is 1. The Balaban J connectivity index is 2.63. The molecule has 1 amide bonds. The van der Waals surface area contributed by atoms with E-state index in [4.69, 9.17) is 5.73 Å². The number of rotatable bonds is 6. The summed E-state index contributed by atoms with van der Waals surface area (Å²) in [4.78, 5) is 14.0. The van der Waals surface area contributed by atoms with E-state index in [0.717, 1.165) is 44.7 Å². The van der Waals surface area contributed by atoms with Crippen molar-refractivity contribution in [3.8, 4) is 0 Å². The Bertz CT molecular complexity index is 291. The Morgan fingerprint density at radius 1 is 1.37 bits per heavy atom. The predicted octanol–water partition coefficient (Wildman–Crippen LogP) is 1.60. The van der Waals surface area contributed by atoms with Gasteiger partial charge in [0, 0.05) is 13.1 Å². The van der Waals surface area contributed by atoms with E-state index in [-0.39, 0.29) is 5.91 Å². The van der Waals surface area contributed by atoms with Crippen molar-refractivity contribution in [2.24, 2.45) is 17.6 Å². The van der Waals surface area contributed by atoms with E-state index in [9.17, 15) is 4.79 Å². The van der Waals surface area contributed by atoms with Gasteiger partial charge in [-0.3, -0.25) is 4.79 Å². The van der Waals surface area contributed by atoms with Gasteiger partial charge in [0.25, 0.3) is 0 Å². The first-order valence-electron chi connectivity index (χ1n) is 7.57. The van der Waals surface area contributed by atoms with Gasteiger partial charge in [-0.25, -0.2) is 0 Å². The van der Waals surface area contributed by atoms with Crippen molar-refractivity contribution >= 4 is 5.91 Å². The Labute approximate surface area is 118 Å². The van der Waals surface area contributed by atoms with Crippen LogP contribution >= 0.6 is 0 Å². The van der Waals surface area contributed by atoms with Crippen molar-refractivity contribution in [3.63, 3.8) is 0 Å². The van der Waals surface area contributed by atoms with Crippen LogP contribution < -0.4 is 11.1 Å². The molecule has 0 radical (unpaired) electrons. The molecule has 4 nitrogen and oxygen atoms in total. The van der Waals surface area contributed by atoms with Crippen molar-refractivity contribution in [3.05, 3.63) is 0 Å². The number of amides is 1. The molecular formula is C15H31N3O. The topological polar surface area (TPSA) is 58.4 Å². The zero-order valence-corrected chi connectivity index (χ0v) is 13.0. The largest absolute Gasteiger partial charge is 0.368 e. The van der Waals surface area contributed by atoms with Gasteiger partial charge in [0.15, 0.2) is 0 Å². The van der Waals surface area contributed by atoms with Crippen LogP contribution in [-0.4, -0.2) is 43.5 Å². The normalized spacial score (nSPS) is 28.6. The number of nitrogens with one attached hydrogen (secondary N) is 1. The third-order valence-electron chi connectivity index (χ3n) is 4.56. The lowest BCUT2D eigenvalue weighted by molar-refractivity contribution is -0.125. The summed E-state index contributed by atoms with van der Waals surface area (Å²) in [5.74, 6) is 1.26. The Hall–Kier alpha value is -0.610. The van der Waals surface area contributed by atoms with Crippen LogP contribution in [0.2, 0.25) is 0 Å². The van der Waals surface area contributed by atoms with Gasteiger partial charge in [-0.05, 0) is 45.2 Å². The fourth-order valence-corrected chi connectivity index (χ4v) is 3.06. The van der Waals surface area contributed by atoms with E-state index in [2.05, 4.69) is 24.1 Å². The monoisotopic (exact) mass is 269 g/mol. The average Bonchev–Trinajstić information content (AvgIpc) is 2.52. The number of primary amides is 1. The number of likely N-dealkylation sites (N-methyl/N-ethyl adjacent to an activating group) is 1. The quantitative estimate of drug-likeness (QED) is 0.720. The zero-order chi connectivity index (χ0) is 14.5. The van der Waals surface area contributed by atoms with Crippen LogP contribution in [0.25, 0.3) is 0 Å². The van der Waals surface area contributed by atoms with Gasteiger partial charge in [0.05, 0.1) is 5.54 Å². The number of hydrogen-bond donors (Lipinski definition) is 2. The number of nitrogens with zero attached hydrogens (tertiary/aromatic N) is 1. The van der Waals surface area contributed by atoms with E-state index in [1.165, 1.54) is 6.42 Å². The van der Waals surface area contributed by atoms with Crippen LogP contribution in [0.5, 0.6) is 0 Å². The Morgan fingerprint density at radius 3 is 2.58 bits per heavy atom. The standard InChI is InChI=1S/C15H31N3O/c1-12(2)13-6-5-8-15(9-7-13,14(16)19)17-10-11-18(3)4/h12-13,17H,5-11H2,1-4H3,(H2,16,19). The molecule has 0 heterocycles. The molecule has 112 valence electrons. The molecule has 0 aromatic carbocycles. The van der Waals surface area contributed by atoms with Crippen LogP contribution in [0.15, 0.2) is 0 Å². The molecule has 0 bridgehead atoms. The molecule has 19 heavy (non-hydrogen) atoms. The van der Waals surface area contributed by atoms with Crippen molar-refractivity contribution in [2.75, 3.05) is 27.2 Å². The fourth-order valence-electron chi connectivity index (χ4n) is 3.06. The average molecular weight is 269 g/mol. The van der Waals surface area contributed by atoms with Crippen LogP contribution in [0.3, 0.4) is 0 Å². The van der Waals surface area contributed by atoms with Gasteiger partial charge in [0.2, 0.25) is 5.91 Å². The molecule has 1 aliphatic carbocycles. The third-order valence-corrected chi connectivity index (χ3v) is 4.56. The molecule has 1 saturated carbocycles. The van der Waals surface area contributed by atoms with Crippen LogP contribution in [-0.2, 0) is 4.79 Å². The van der Waals surface area contributed by atoms with Crippen molar-refractivity contribution in [1.29, 1.82) is 0 Å². The van der Waals surface area contributed by atoms with E-state index >= 15 is 0 Å². The van der Waals surface area contributed by atoms with E-state index in [1.54, 1.807) is 0 Å². The minimum atomic E-state index is -0.473. The minimum Gasteiger partial charge on any atom is -0.368 e. The molecule has 2 unspecified atom stereocenters. The Morgan fingerprint density at radius 2 is 2.05 bits per heavy atom. The number of nitrogens with two attached hydrogens (primary N) is 1. The van der Waals surface area contributed by atoms with Crippen LogP contribution in [0.4, 0.5) is 0 Å². The molecule has 2 atom stereocenters. The maximum Gasteiger partial charge on any atom is 0.237 e. The molecule has 0 aromatic rings. The summed E-state index contributed by atoms with van der Waals surface area (Å²) >= 11 is 0. The third kappa shape index (κ3) is 4.77. The number of carbonyl (C=O) groups is 1. The maximum atomic E-state index is 11.9. The summed E-state index contributed by atoms with van der Waals surface area (Å²) in [6, 6.07) is 0. The molecule has 0 aromatic heterocycles. The van der Waals surface area contributed by atoms with E-state index < -0.39 is 5.54 Å². The Kier molecular flexibility index (Phi) is 6.27. The SMILES string of the molecule is CC(C)C1CCCC(NCCN(C)C)(C(N)=O)CC1. The second kappa shape index (κ2) is 7.25. The van der Waals surface area contributed by atoms with Crippen LogP contribution in [0.1, 0.15) is 46.0 Å². The van der Waals surface area contributed by atoms with Gasteiger partial charge < -0.3 is 16.0 Å². The second-order valence-corrected chi connectivity index (χ2v) is 6.61. The van der Waals surface area contributed by atoms with Gasteiger partial charge in [-0.15, -0.1) is 0 Å². The van der Waals surface area contributed by atoms with Gasteiger partial charge in [-0.1, -0.05) is 26.7 Å². The molecule has 1 fully saturated rings. The van der Waals surface area contributed by atoms with Crippen molar-refractivity contribution < 1.29 is 4.79 Å². The van der Waals surface area contributed by atoms with Crippen molar-refractivity contribution in [2.45, 2.75) is 51.5 Å². The first kappa shape index (κ1) is 16.4. The molecule has 3 N–H and O–H groups in total. The summed E-state index contributed by atoms with van der Waals surface area (Å²) in [5.41, 5.74) is 5.22. The molecule has 1 rings (SSSR count). The molecule has 1 aliphatic rings. The minimum absolute atomic E-state index is 0.171. The summed E-state index contributed by atoms with van der Waals surface area (Å²) in [6.07, 6.45) is 5.20. The van der Waals surface area contributed by atoms with Gasteiger partial charge >= 0.3 is 0 Å². The highest BCUT2D eigenvalue weighted by molar-refractivity contribution is 5.84. The van der Waals surface area contributed by atoms with Gasteiger partial charge in [-0.2, -0.15) is 0 Å². The molecule has 0 saturated heterocycles. The molecule has 0 aliphatic heterocycles. The van der Waals surface area contributed by atoms with E-state index in [0.29, 0.717) is 5.92 Å². The fraction of sp³-hybridized carbons (Fsp3) is 0.933. The lowest BCUT2D eigenvalue weighted by Gasteiger charge is -2.31. The highest BCUT2D eigenvalue weighted by Crippen LogP contribution is 2.33. The maximum absolute atomic E-state index is 11.9. The molecule has 4 heteroatoms. The van der Waals surface area contributed by atoms with Crippen LogP contribution in [0, 0.1) is 11.8 Å². The predicted molar refractivity (Wildman–Crippen MR) is 79.9 cm³/mol. The van der Waals surface area contributed by atoms with Crippen molar-refractivity contribution in [1.82, 2.24) is 10.2 Å². The lowest BCUT2D eigenvalue weighted by Crippen LogP contribution is -2.56. The number of hydrogen-bond acceptors (Lipinski definition) is 3. The smallest absolute Gasteiger partial charge is 0.237 e. The van der Waals surface area contributed by atoms with E-state index in [1.807, 2.05) is 14.1 Å². The summed E-state index contributed by atoms with van der Waals surface area (Å²) < 4.78 is 0. The van der Waals surface area contributed by atoms with Gasteiger partial charge in [0.1, 0.15) is 0 Å². The summed E-state index contributed by atoms with van der Waals surface area (Å²) in [6.45, 7) is 6.31. The zero-order valence-electron chi connectivity index (χ0n) is 13.0. The highest BCUT2D eigenvalue weighted by atomic mass is 16.1. The molecule has 0 spiro atoms. The highest BCUT2D eigenvalue weighted by Gasteiger charge is 2.38. The second-order valence-electron chi connectivity index (χ2n) is 6.61. The first-order valence-corrected chi connectivity index (χ1v) is 7.57. The summed E-state index contributed by atoms with van der Waals surface area (Å²) in [7, 11) is 4.08. The lowest BCUT2D eigenvalue weighted by atomic mass is 9.86. The molecular weight excluding hydrogens is 238 g/mol. The summed E-state index contributed by atoms with van der Waals surface area (Å²) in [5, 5.41) is 3.45. The first-order chi connectivity index (χ1) is 8.87.